The molecular formula is C15H22N2O2. The van der Waals surface area contributed by atoms with Crippen molar-refractivity contribution >= 4 is 11.6 Å². The number of anilines is 1. The fourth-order valence-corrected chi connectivity index (χ4v) is 2.53. The van der Waals surface area contributed by atoms with Gasteiger partial charge in [-0.05, 0) is 51.3 Å². The Balaban J connectivity index is 2.17. The van der Waals surface area contributed by atoms with Gasteiger partial charge in [-0.1, -0.05) is 0 Å². The number of amides is 1. The normalized spacial score (nSPS) is 19.3. The molecule has 1 amide bonds. The maximum atomic E-state index is 12.5. The number of carbonyl (C=O) groups is 1. The average Bonchev–Trinajstić information content (AvgIpc) is 2.41. The molecule has 1 saturated heterocycles. The summed E-state index contributed by atoms with van der Waals surface area (Å²) >= 11 is 0. The van der Waals surface area contributed by atoms with Crippen LogP contribution < -0.4 is 10.5 Å². The van der Waals surface area contributed by atoms with Crippen molar-refractivity contribution in [2.24, 2.45) is 0 Å². The van der Waals surface area contributed by atoms with Crippen LogP contribution in [0.1, 0.15) is 43.5 Å². The first-order valence-electron chi connectivity index (χ1n) is 6.96. The molecule has 0 spiro atoms. The fourth-order valence-electron chi connectivity index (χ4n) is 2.53. The number of nitrogens with two attached hydrogens (primary N) is 1. The first-order chi connectivity index (χ1) is 9.13. The van der Waals surface area contributed by atoms with Crippen molar-refractivity contribution in [2.75, 3.05) is 18.9 Å². The highest BCUT2D eigenvalue weighted by atomic mass is 16.5. The molecule has 1 fully saturated rings. The molecule has 1 atom stereocenters. The van der Waals surface area contributed by atoms with Crippen molar-refractivity contribution in [3.05, 3.63) is 23.8 Å². The lowest BCUT2D eigenvalue weighted by Crippen LogP contribution is -2.42. The number of ether oxygens (including phenoxy) is 1. The lowest BCUT2D eigenvalue weighted by molar-refractivity contribution is 0.0635. The van der Waals surface area contributed by atoms with E-state index in [1.54, 1.807) is 18.2 Å². The van der Waals surface area contributed by atoms with Gasteiger partial charge in [0.25, 0.3) is 5.91 Å². The number of likely N-dealkylation sites (tertiary alicyclic amines) is 1. The Labute approximate surface area is 114 Å². The van der Waals surface area contributed by atoms with E-state index in [0.717, 1.165) is 19.4 Å². The first-order valence-corrected chi connectivity index (χ1v) is 6.96. The molecule has 0 bridgehead atoms. The molecule has 4 nitrogen and oxygen atoms in total. The molecule has 1 aromatic rings. The molecule has 1 heterocycles. The Kier molecular flexibility index (Phi) is 4.30. The van der Waals surface area contributed by atoms with Crippen LogP contribution in [-0.4, -0.2) is 30.0 Å². The summed E-state index contributed by atoms with van der Waals surface area (Å²) in [6.45, 7) is 5.43. The second-order valence-electron chi connectivity index (χ2n) is 5.03. The minimum Gasteiger partial charge on any atom is -0.492 e. The summed E-state index contributed by atoms with van der Waals surface area (Å²) in [5.74, 6) is 0.715. The lowest BCUT2D eigenvalue weighted by Gasteiger charge is -2.33. The van der Waals surface area contributed by atoms with Crippen LogP contribution in [0.25, 0.3) is 0 Å². The molecular weight excluding hydrogens is 240 g/mol. The van der Waals surface area contributed by atoms with Gasteiger partial charge in [0.2, 0.25) is 0 Å². The van der Waals surface area contributed by atoms with Gasteiger partial charge in [-0.2, -0.15) is 0 Å². The molecule has 0 saturated carbocycles. The zero-order valence-electron chi connectivity index (χ0n) is 11.7. The summed E-state index contributed by atoms with van der Waals surface area (Å²) in [4.78, 5) is 14.4. The molecule has 0 aromatic heterocycles. The van der Waals surface area contributed by atoms with E-state index in [-0.39, 0.29) is 5.91 Å². The monoisotopic (exact) mass is 262 g/mol. The summed E-state index contributed by atoms with van der Waals surface area (Å²) in [6, 6.07) is 5.61. The Morgan fingerprint density at radius 3 is 2.89 bits per heavy atom. The average molecular weight is 262 g/mol. The minimum atomic E-state index is 0.0712. The van der Waals surface area contributed by atoms with Gasteiger partial charge in [0.15, 0.2) is 0 Å². The van der Waals surface area contributed by atoms with Crippen LogP contribution in [0.15, 0.2) is 18.2 Å². The Hall–Kier alpha value is -1.71. The predicted octanol–water partition coefficient (Wildman–Crippen LogP) is 2.68. The standard InChI is InChI=1S/C15H22N2O2/c1-3-19-14-8-7-12(10-13(14)16)15(18)17-9-5-4-6-11(17)2/h7-8,10-11H,3-6,9,16H2,1-2H3/t11-/m1/s1. The highest BCUT2D eigenvalue weighted by Crippen LogP contribution is 2.25. The van der Waals surface area contributed by atoms with Crippen LogP contribution in [0, 0.1) is 0 Å². The topological polar surface area (TPSA) is 55.6 Å². The van der Waals surface area contributed by atoms with Gasteiger partial charge < -0.3 is 15.4 Å². The number of piperidine rings is 1. The van der Waals surface area contributed by atoms with E-state index in [1.807, 2.05) is 11.8 Å². The van der Waals surface area contributed by atoms with Gasteiger partial charge in [-0.15, -0.1) is 0 Å². The predicted molar refractivity (Wildman–Crippen MR) is 76.4 cm³/mol. The van der Waals surface area contributed by atoms with Crippen molar-refractivity contribution in [1.29, 1.82) is 0 Å². The van der Waals surface area contributed by atoms with Crippen LogP contribution >= 0.6 is 0 Å². The van der Waals surface area contributed by atoms with E-state index in [9.17, 15) is 4.79 Å². The van der Waals surface area contributed by atoms with Gasteiger partial charge in [0, 0.05) is 18.2 Å². The molecule has 0 unspecified atom stereocenters. The third-order valence-electron chi connectivity index (χ3n) is 3.62. The fraction of sp³-hybridized carbons (Fsp3) is 0.533. The summed E-state index contributed by atoms with van der Waals surface area (Å²) in [5.41, 5.74) is 7.09. The third-order valence-corrected chi connectivity index (χ3v) is 3.62. The summed E-state index contributed by atoms with van der Waals surface area (Å²) in [6.07, 6.45) is 3.37. The van der Waals surface area contributed by atoms with Crippen LogP contribution in [-0.2, 0) is 0 Å². The van der Waals surface area contributed by atoms with Gasteiger partial charge in [-0.25, -0.2) is 0 Å². The number of benzene rings is 1. The van der Waals surface area contributed by atoms with E-state index < -0.39 is 0 Å². The number of nitrogens with zero attached hydrogens (tertiary/aromatic N) is 1. The number of hydrogen-bond acceptors (Lipinski definition) is 3. The molecule has 19 heavy (non-hydrogen) atoms. The molecule has 2 N–H and O–H groups in total. The highest BCUT2D eigenvalue weighted by molar-refractivity contribution is 5.95. The second kappa shape index (κ2) is 5.95. The van der Waals surface area contributed by atoms with Gasteiger partial charge in [0.1, 0.15) is 5.75 Å². The zero-order valence-corrected chi connectivity index (χ0v) is 11.7. The van der Waals surface area contributed by atoms with Gasteiger partial charge >= 0.3 is 0 Å². The van der Waals surface area contributed by atoms with Crippen molar-refractivity contribution < 1.29 is 9.53 Å². The molecule has 4 heteroatoms. The maximum Gasteiger partial charge on any atom is 0.254 e. The summed E-state index contributed by atoms with van der Waals surface area (Å²) in [7, 11) is 0. The Morgan fingerprint density at radius 1 is 1.47 bits per heavy atom. The molecule has 1 aliphatic heterocycles. The van der Waals surface area contributed by atoms with Crippen molar-refractivity contribution in [3.63, 3.8) is 0 Å². The minimum absolute atomic E-state index is 0.0712. The van der Waals surface area contributed by atoms with E-state index in [0.29, 0.717) is 29.6 Å². The number of nitrogen functional groups attached to an aromatic ring is 1. The SMILES string of the molecule is CCOc1ccc(C(=O)N2CCCC[C@H]2C)cc1N. The molecule has 1 aliphatic rings. The molecule has 2 rings (SSSR count). The van der Waals surface area contributed by atoms with Crippen molar-refractivity contribution in [1.82, 2.24) is 4.90 Å². The van der Waals surface area contributed by atoms with Crippen molar-refractivity contribution in [2.45, 2.75) is 39.2 Å². The van der Waals surface area contributed by atoms with Crippen LogP contribution in [0.3, 0.4) is 0 Å². The quantitative estimate of drug-likeness (QED) is 0.852. The number of rotatable bonds is 3. The lowest BCUT2D eigenvalue weighted by atomic mass is 10.0. The molecule has 0 aliphatic carbocycles. The van der Waals surface area contributed by atoms with Crippen molar-refractivity contribution in [3.8, 4) is 5.75 Å². The van der Waals surface area contributed by atoms with Crippen LogP contribution in [0.5, 0.6) is 5.75 Å². The number of hydrogen-bond donors (Lipinski definition) is 1. The summed E-state index contributed by atoms with van der Waals surface area (Å²) < 4.78 is 5.39. The van der Waals surface area contributed by atoms with Crippen LogP contribution in [0.2, 0.25) is 0 Å². The van der Waals surface area contributed by atoms with E-state index in [2.05, 4.69) is 6.92 Å². The first kappa shape index (κ1) is 13.7. The third kappa shape index (κ3) is 3.00. The van der Waals surface area contributed by atoms with E-state index in [1.165, 1.54) is 6.42 Å². The molecule has 104 valence electrons. The Morgan fingerprint density at radius 2 is 2.26 bits per heavy atom. The molecule has 1 aromatic carbocycles. The number of carbonyl (C=O) groups excluding carboxylic acids is 1. The Bertz CT molecular complexity index is 459. The smallest absolute Gasteiger partial charge is 0.254 e. The van der Waals surface area contributed by atoms with E-state index in [4.69, 9.17) is 10.5 Å². The highest BCUT2D eigenvalue weighted by Gasteiger charge is 2.24. The zero-order chi connectivity index (χ0) is 13.8. The second-order valence-corrected chi connectivity index (χ2v) is 5.03. The van der Waals surface area contributed by atoms with Crippen LogP contribution in [0.4, 0.5) is 5.69 Å². The largest absolute Gasteiger partial charge is 0.492 e. The maximum absolute atomic E-state index is 12.5. The van der Waals surface area contributed by atoms with Gasteiger partial charge in [0.05, 0.1) is 12.3 Å². The van der Waals surface area contributed by atoms with Gasteiger partial charge in [-0.3, -0.25) is 4.79 Å². The summed E-state index contributed by atoms with van der Waals surface area (Å²) in [5, 5.41) is 0. The van der Waals surface area contributed by atoms with E-state index >= 15 is 0 Å². The molecule has 0 radical (unpaired) electrons.